The molecule has 14 rings (SSSR count). The first kappa shape index (κ1) is 32.7. The lowest BCUT2D eigenvalue weighted by atomic mass is 10.0. The van der Waals surface area contributed by atoms with E-state index < -0.39 is 0 Å². The molecular weight excluding hydrogens is 743 g/mol. The normalized spacial score (nSPS) is 12.3. The van der Waals surface area contributed by atoms with Crippen LogP contribution in [0.15, 0.2) is 200 Å². The summed E-state index contributed by atoms with van der Waals surface area (Å²) in [6.45, 7) is 0. The second-order valence-corrected chi connectivity index (χ2v) is 16.2. The number of nitrogens with zero attached hydrogens (tertiary/aromatic N) is 5. The Morgan fingerprint density at radius 3 is 1.56 bits per heavy atom. The number of hydrogen-bond acceptors (Lipinski definition) is 2. The minimum atomic E-state index is 0.651. The SMILES string of the molecule is c1ccc(-n2c3ccccc3c3cc(-c4nc(-n5c6ccccc6c6cc(-c7ccc8c9cccc%10c%11ccccc%11n(c8c7)c%109)ccc65)nc5ccccc45)ccc32)cc1. The fourth-order valence-electron chi connectivity index (χ4n) is 10.3. The summed E-state index contributed by atoms with van der Waals surface area (Å²) in [5, 5.41) is 10.9. The van der Waals surface area contributed by atoms with E-state index in [1.807, 2.05) is 0 Å². The Balaban J connectivity index is 0.964. The molecule has 0 saturated carbocycles. The Bertz CT molecular complexity index is 4110. The van der Waals surface area contributed by atoms with Crippen molar-refractivity contribution in [3.63, 3.8) is 0 Å². The van der Waals surface area contributed by atoms with Crippen molar-refractivity contribution in [3.8, 4) is 34.0 Å². The maximum absolute atomic E-state index is 5.49. The van der Waals surface area contributed by atoms with Gasteiger partial charge in [0.1, 0.15) is 0 Å². The van der Waals surface area contributed by atoms with Crippen LogP contribution in [0.4, 0.5) is 0 Å². The van der Waals surface area contributed by atoms with Gasteiger partial charge < -0.3 is 8.97 Å². The molecule has 0 radical (unpaired) electrons. The van der Waals surface area contributed by atoms with Crippen LogP contribution < -0.4 is 0 Å². The van der Waals surface area contributed by atoms with E-state index in [4.69, 9.17) is 9.97 Å². The molecule has 0 aliphatic carbocycles. The van der Waals surface area contributed by atoms with Crippen LogP contribution in [0.5, 0.6) is 0 Å². The number of hydrogen-bond donors (Lipinski definition) is 0. The Labute approximate surface area is 348 Å². The molecule has 0 aliphatic heterocycles. The van der Waals surface area contributed by atoms with Crippen molar-refractivity contribution in [2.45, 2.75) is 0 Å². The molecule has 0 aliphatic rings. The van der Waals surface area contributed by atoms with Gasteiger partial charge in [0.25, 0.3) is 0 Å². The number of para-hydroxylation sites is 6. The Morgan fingerprint density at radius 1 is 0.295 bits per heavy atom. The molecule has 0 unspecified atom stereocenters. The zero-order valence-corrected chi connectivity index (χ0v) is 32.8. The number of benzene rings is 9. The Hall–Kier alpha value is -8.28. The molecule has 0 spiro atoms. The van der Waals surface area contributed by atoms with Gasteiger partial charge in [-0.3, -0.25) is 4.57 Å². The highest BCUT2D eigenvalue weighted by molar-refractivity contribution is 6.23. The Kier molecular flexibility index (Phi) is 6.49. The molecule has 0 saturated heterocycles. The largest absolute Gasteiger partial charge is 0.309 e. The first-order valence-corrected chi connectivity index (χ1v) is 20.8. The van der Waals surface area contributed by atoms with Gasteiger partial charge in [0.05, 0.1) is 49.8 Å². The van der Waals surface area contributed by atoms with Crippen molar-refractivity contribution in [2.75, 3.05) is 0 Å². The predicted molar refractivity (Wildman–Crippen MR) is 254 cm³/mol. The molecule has 5 heteroatoms. The zero-order valence-electron chi connectivity index (χ0n) is 32.8. The highest BCUT2D eigenvalue weighted by Crippen LogP contribution is 2.42. The molecule has 282 valence electrons. The molecule has 5 nitrogen and oxygen atoms in total. The Morgan fingerprint density at radius 2 is 0.803 bits per heavy atom. The average Bonchev–Trinajstić information content (AvgIpc) is 4.05. The molecule has 0 N–H and O–H groups in total. The third kappa shape index (κ3) is 4.49. The third-order valence-corrected chi connectivity index (χ3v) is 13.0. The molecule has 0 bridgehead atoms. The minimum Gasteiger partial charge on any atom is -0.309 e. The van der Waals surface area contributed by atoms with Gasteiger partial charge in [0, 0.05) is 59.7 Å². The maximum Gasteiger partial charge on any atom is 0.235 e. The fraction of sp³-hybridized carbons (Fsp3) is 0. The van der Waals surface area contributed by atoms with E-state index in [0.717, 1.165) is 44.4 Å². The van der Waals surface area contributed by atoms with E-state index in [9.17, 15) is 0 Å². The van der Waals surface area contributed by atoms with Crippen molar-refractivity contribution in [1.29, 1.82) is 0 Å². The van der Waals surface area contributed by atoms with Gasteiger partial charge in [-0.25, -0.2) is 9.97 Å². The van der Waals surface area contributed by atoms with Crippen molar-refractivity contribution in [1.82, 2.24) is 23.5 Å². The lowest BCUT2D eigenvalue weighted by Gasteiger charge is -2.12. The van der Waals surface area contributed by atoms with Gasteiger partial charge >= 0.3 is 0 Å². The van der Waals surface area contributed by atoms with Gasteiger partial charge in [0.15, 0.2) is 0 Å². The van der Waals surface area contributed by atoms with E-state index in [1.54, 1.807) is 0 Å². The van der Waals surface area contributed by atoms with Crippen LogP contribution in [-0.4, -0.2) is 23.5 Å². The number of aromatic nitrogens is 5. The lowest BCUT2D eigenvalue weighted by Crippen LogP contribution is -2.03. The van der Waals surface area contributed by atoms with Gasteiger partial charge in [-0.2, -0.15) is 0 Å². The van der Waals surface area contributed by atoms with E-state index >= 15 is 0 Å². The third-order valence-electron chi connectivity index (χ3n) is 13.0. The van der Waals surface area contributed by atoms with Crippen molar-refractivity contribution in [3.05, 3.63) is 200 Å². The van der Waals surface area contributed by atoms with E-state index in [2.05, 4.69) is 214 Å². The zero-order chi connectivity index (χ0) is 39.8. The maximum atomic E-state index is 5.49. The smallest absolute Gasteiger partial charge is 0.235 e. The monoisotopic (exact) mass is 775 g/mol. The molecule has 0 amide bonds. The highest BCUT2D eigenvalue weighted by Gasteiger charge is 2.21. The van der Waals surface area contributed by atoms with Crippen LogP contribution in [0.25, 0.3) is 127 Å². The van der Waals surface area contributed by atoms with Crippen molar-refractivity contribution in [2.24, 2.45) is 0 Å². The molecular formula is C56H33N5. The second-order valence-electron chi connectivity index (χ2n) is 16.2. The minimum absolute atomic E-state index is 0.651. The molecule has 5 heterocycles. The summed E-state index contributed by atoms with van der Waals surface area (Å²) in [5.74, 6) is 0.651. The summed E-state index contributed by atoms with van der Waals surface area (Å²) < 4.78 is 7.05. The lowest BCUT2D eigenvalue weighted by molar-refractivity contribution is 1.01. The van der Waals surface area contributed by atoms with Crippen LogP contribution in [0.2, 0.25) is 0 Å². The van der Waals surface area contributed by atoms with Crippen LogP contribution >= 0.6 is 0 Å². The van der Waals surface area contributed by atoms with Crippen LogP contribution in [0, 0.1) is 0 Å². The molecule has 5 aromatic heterocycles. The number of rotatable bonds is 4. The number of fused-ring (bicyclic) bond motifs is 13. The van der Waals surface area contributed by atoms with Gasteiger partial charge in [-0.05, 0) is 77.9 Å². The van der Waals surface area contributed by atoms with Gasteiger partial charge in [0.2, 0.25) is 5.95 Å². The average molecular weight is 776 g/mol. The van der Waals surface area contributed by atoms with Crippen LogP contribution in [-0.2, 0) is 0 Å². The standard InChI is InChI=1S/C56H33N5/c1-2-13-37(14-3-1)59-48-22-9-6-16-39(48)46-32-36(27-30-51(46)59)54-44-18-4-8-21-47(44)57-56(58-54)61-50-24-11-7-17-40(50)45-31-34(26-29-52(45)61)35-25-28-41-43-20-12-19-42-38-15-5-10-23-49(38)60(55(42)43)53(41)33-35/h1-33H. The van der Waals surface area contributed by atoms with Crippen LogP contribution in [0.1, 0.15) is 0 Å². The summed E-state index contributed by atoms with van der Waals surface area (Å²) in [6.07, 6.45) is 0. The van der Waals surface area contributed by atoms with Gasteiger partial charge in [-0.1, -0.05) is 133 Å². The van der Waals surface area contributed by atoms with E-state index in [0.29, 0.717) is 5.95 Å². The second kappa shape index (κ2) is 12.1. The summed E-state index contributed by atoms with van der Waals surface area (Å²) in [4.78, 5) is 10.8. The summed E-state index contributed by atoms with van der Waals surface area (Å²) in [7, 11) is 0. The molecule has 0 fully saturated rings. The topological polar surface area (TPSA) is 40.0 Å². The van der Waals surface area contributed by atoms with Crippen LogP contribution in [0.3, 0.4) is 0 Å². The first-order chi connectivity index (χ1) is 30.3. The molecule has 0 atom stereocenters. The quantitative estimate of drug-likeness (QED) is 0.179. The first-order valence-electron chi connectivity index (χ1n) is 20.8. The molecule has 61 heavy (non-hydrogen) atoms. The highest BCUT2D eigenvalue weighted by atomic mass is 15.2. The summed E-state index contributed by atoms with van der Waals surface area (Å²) in [6, 6.07) is 72.3. The summed E-state index contributed by atoms with van der Waals surface area (Å²) in [5.41, 5.74) is 14.6. The van der Waals surface area contributed by atoms with Crippen molar-refractivity contribution >= 4 is 92.6 Å². The van der Waals surface area contributed by atoms with E-state index in [-0.39, 0.29) is 0 Å². The predicted octanol–water partition coefficient (Wildman–Crippen LogP) is 14.3. The van der Waals surface area contributed by atoms with Crippen molar-refractivity contribution < 1.29 is 0 Å². The fourth-order valence-corrected chi connectivity index (χ4v) is 10.3. The summed E-state index contributed by atoms with van der Waals surface area (Å²) >= 11 is 0. The molecule has 14 aromatic rings. The van der Waals surface area contributed by atoms with E-state index in [1.165, 1.54) is 76.3 Å². The molecule has 9 aromatic carbocycles. The van der Waals surface area contributed by atoms with Gasteiger partial charge in [-0.15, -0.1) is 0 Å².